The number of hydrogen-bond donors (Lipinski definition) is 1. The summed E-state index contributed by atoms with van der Waals surface area (Å²) < 4.78 is 0. The minimum atomic E-state index is 0.0414. The summed E-state index contributed by atoms with van der Waals surface area (Å²) in [5.74, 6) is 5.94. The van der Waals surface area contributed by atoms with E-state index in [0.717, 1.165) is 30.5 Å². The fourth-order valence-corrected chi connectivity index (χ4v) is 2.08. The van der Waals surface area contributed by atoms with Gasteiger partial charge in [-0.3, -0.25) is 4.79 Å². The molecule has 1 rings (SSSR count). The van der Waals surface area contributed by atoms with Crippen LogP contribution in [0.3, 0.4) is 0 Å². The molecule has 3 heteroatoms. The molecular weight excluding hydrogens is 262 g/mol. The summed E-state index contributed by atoms with van der Waals surface area (Å²) in [6.07, 6.45) is 2.51. The van der Waals surface area contributed by atoms with Gasteiger partial charge in [-0.25, -0.2) is 0 Å². The van der Waals surface area contributed by atoms with Crippen LogP contribution in [-0.2, 0) is 0 Å². The Morgan fingerprint density at radius 1 is 1.33 bits per heavy atom. The minimum absolute atomic E-state index is 0.0414. The summed E-state index contributed by atoms with van der Waals surface area (Å²) in [4.78, 5) is 14.6. The van der Waals surface area contributed by atoms with E-state index in [0.29, 0.717) is 18.5 Å². The van der Waals surface area contributed by atoms with Crippen LogP contribution >= 0.6 is 0 Å². The van der Waals surface area contributed by atoms with Gasteiger partial charge in [-0.15, -0.1) is 0 Å². The van der Waals surface area contributed by atoms with E-state index in [4.69, 9.17) is 5.11 Å². The van der Waals surface area contributed by atoms with Crippen molar-refractivity contribution in [2.24, 2.45) is 0 Å². The number of carbonyl (C=O) groups is 1. The highest BCUT2D eigenvalue weighted by molar-refractivity contribution is 5.97. The van der Waals surface area contributed by atoms with Crippen molar-refractivity contribution in [3.8, 4) is 11.8 Å². The van der Waals surface area contributed by atoms with Gasteiger partial charge in [-0.05, 0) is 32.4 Å². The molecule has 3 nitrogen and oxygen atoms in total. The second-order valence-electron chi connectivity index (χ2n) is 5.06. The predicted molar refractivity (Wildman–Crippen MR) is 86.2 cm³/mol. The number of carbonyl (C=O) groups excluding carboxylic acids is 1. The van der Waals surface area contributed by atoms with Crippen LogP contribution in [0.15, 0.2) is 18.2 Å². The van der Waals surface area contributed by atoms with Gasteiger partial charge in [0, 0.05) is 25.1 Å². The number of benzene rings is 1. The molecular formula is C18H25NO2. The van der Waals surface area contributed by atoms with Crippen LogP contribution in [0.4, 0.5) is 0 Å². The fourth-order valence-electron chi connectivity index (χ4n) is 2.08. The monoisotopic (exact) mass is 287 g/mol. The molecule has 0 radical (unpaired) electrons. The Labute approximate surface area is 128 Å². The number of amides is 1. The summed E-state index contributed by atoms with van der Waals surface area (Å²) in [5.41, 5.74) is 2.46. The SMILES string of the molecule is CCCCN(CC)C(=O)c1cc(C)ccc1C#CCCO. The van der Waals surface area contributed by atoms with E-state index < -0.39 is 0 Å². The van der Waals surface area contributed by atoms with Crippen molar-refractivity contribution >= 4 is 5.91 Å². The van der Waals surface area contributed by atoms with Crippen molar-refractivity contribution in [2.45, 2.75) is 40.0 Å². The molecule has 1 aromatic carbocycles. The van der Waals surface area contributed by atoms with Gasteiger partial charge in [-0.2, -0.15) is 0 Å². The highest BCUT2D eigenvalue weighted by Gasteiger charge is 2.16. The maximum absolute atomic E-state index is 12.7. The van der Waals surface area contributed by atoms with Gasteiger partial charge in [0.1, 0.15) is 0 Å². The molecule has 21 heavy (non-hydrogen) atoms. The number of hydrogen-bond acceptors (Lipinski definition) is 2. The van der Waals surface area contributed by atoms with E-state index in [1.807, 2.05) is 36.9 Å². The van der Waals surface area contributed by atoms with Gasteiger partial charge in [0.2, 0.25) is 0 Å². The molecule has 0 spiro atoms. The normalized spacial score (nSPS) is 9.90. The third-order valence-electron chi connectivity index (χ3n) is 3.32. The maximum atomic E-state index is 12.7. The van der Waals surface area contributed by atoms with E-state index in [1.165, 1.54) is 0 Å². The molecule has 1 amide bonds. The molecule has 0 saturated heterocycles. The smallest absolute Gasteiger partial charge is 0.255 e. The average molecular weight is 287 g/mol. The Morgan fingerprint density at radius 3 is 2.71 bits per heavy atom. The molecule has 1 aromatic rings. The van der Waals surface area contributed by atoms with Crippen LogP contribution < -0.4 is 0 Å². The highest BCUT2D eigenvalue weighted by atomic mass is 16.2. The van der Waals surface area contributed by atoms with E-state index in [9.17, 15) is 4.79 Å². The van der Waals surface area contributed by atoms with Crippen LogP contribution in [0.2, 0.25) is 0 Å². The lowest BCUT2D eigenvalue weighted by Crippen LogP contribution is -2.32. The van der Waals surface area contributed by atoms with Crippen molar-refractivity contribution in [2.75, 3.05) is 19.7 Å². The van der Waals surface area contributed by atoms with Crippen LogP contribution in [-0.4, -0.2) is 35.6 Å². The van der Waals surface area contributed by atoms with E-state index in [2.05, 4.69) is 18.8 Å². The maximum Gasteiger partial charge on any atom is 0.255 e. The topological polar surface area (TPSA) is 40.5 Å². The van der Waals surface area contributed by atoms with Gasteiger partial charge in [0.15, 0.2) is 0 Å². The quantitative estimate of drug-likeness (QED) is 0.817. The standard InChI is InChI=1S/C18H25NO2/c1-4-6-12-19(5-2)18(21)17-14-15(3)10-11-16(17)9-7-8-13-20/h10-11,14,20H,4-6,8,12-13H2,1-3H3. The first-order valence-corrected chi connectivity index (χ1v) is 7.63. The fraction of sp³-hybridized carbons (Fsp3) is 0.500. The number of aryl methyl sites for hydroxylation is 1. The van der Waals surface area contributed by atoms with E-state index >= 15 is 0 Å². The second kappa shape index (κ2) is 9.20. The van der Waals surface area contributed by atoms with Crippen LogP contribution in [0.1, 0.15) is 54.6 Å². The first kappa shape index (κ1) is 17.3. The molecule has 1 N–H and O–H groups in total. The highest BCUT2D eigenvalue weighted by Crippen LogP contribution is 2.14. The lowest BCUT2D eigenvalue weighted by molar-refractivity contribution is 0.0762. The molecule has 0 aliphatic carbocycles. The van der Waals surface area contributed by atoms with Crippen molar-refractivity contribution < 1.29 is 9.90 Å². The van der Waals surface area contributed by atoms with Crippen LogP contribution in [0.25, 0.3) is 0 Å². The number of nitrogens with zero attached hydrogens (tertiary/aromatic N) is 1. The summed E-state index contributed by atoms with van der Waals surface area (Å²) in [5, 5.41) is 8.81. The molecule has 0 bridgehead atoms. The summed E-state index contributed by atoms with van der Waals surface area (Å²) in [6, 6.07) is 5.75. The summed E-state index contributed by atoms with van der Waals surface area (Å²) in [7, 11) is 0. The minimum Gasteiger partial charge on any atom is -0.395 e. The lowest BCUT2D eigenvalue weighted by atomic mass is 10.0. The third-order valence-corrected chi connectivity index (χ3v) is 3.32. The van der Waals surface area contributed by atoms with Gasteiger partial charge in [0.05, 0.1) is 12.2 Å². The Balaban J connectivity index is 3.06. The van der Waals surface area contributed by atoms with E-state index in [-0.39, 0.29) is 12.5 Å². The number of rotatable bonds is 6. The van der Waals surface area contributed by atoms with Crippen molar-refractivity contribution in [3.05, 3.63) is 34.9 Å². The molecule has 0 unspecified atom stereocenters. The second-order valence-corrected chi connectivity index (χ2v) is 5.06. The van der Waals surface area contributed by atoms with Crippen molar-refractivity contribution in [3.63, 3.8) is 0 Å². The van der Waals surface area contributed by atoms with Gasteiger partial charge >= 0.3 is 0 Å². The zero-order chi connectivity index (χ0) is 15.7. The molecule has 0 aliphatic rings. The zero-order valence-electron chi connectivity index (χ0n) is 13.3. The van der Waals surface area contributed by atoms with Gasteiger partial charge in [-0.1, -0.05) is 36.8 Å². The number of unbranched alkanes of at least 4 members (excludes halogenated alkanes) is 1. The van der Waals surface area contributed by atoms with Crippen molar-refractivity contribution in [1.82, 2.24) is 4.90 Å². The predicted octanol–water partition coefficient (Wildman–Crippen LogP) is 2.99. The molecule has 0 atom stereocenters. The van der Waals surface area contributed by atoms with Crippen LogP contribution in [0, 0.1) is 18.8 Å². The molecule has 0 aliphatic heterocycles. The van der Waals surface area contributed by atoms with E-state index in [1.54, 1.807) is 0 Å². The number of aliphatic hydroxyl groups excluding tert-OH is 1. The van der Waals surface area contributed by atoms with Gasteiger partial charge < -0.3 is 10.0 Å². The Kier molecular flexibility index (Phi) is 7.56. The Bertz CT molecular complexity index is 526. The average Bonchev–Trinajstić information content (AvgIpc) is 2.49. The first-order valence-electron chi connectivity index (χ1n) is 7.63. The molecule has 0 fully saturated rings. The Hall–Kier alpha value is -1.79. The molecule has 0 heterocycles. The van der Waals surface area contributed by atoms with Gasteiger partial charge in [0.25, 0.3) is 5.91 Å². The van der Waals surface area contributed by atoms with Crippen molar-refractivity contribution in [1.29, 1.82) is 0 Å². The summed E-state index contributed by atoms with van der Waals surface area (Å²) >= 11 is 0. The molecule has 0 saturated carbocycles. The third kappa shape index (κ3) is 5.24. The molecule has 0 aromatic heterocycles. The lowest BCUT2D eigenvalue weighted by Gasteiger charge is -2.21. The first-order chi connectivity index (χ1) is 10.1. The zero-order valence-corrected chi connectivity index (χ0v) is 13.3. The molecule has 114 valence electrons. The van der Waals surface area contributed by atoms with Crippen LogP contribution in [0.5, 0.6) is 0 Å². The Morgan fingerprint density at radius 2 is 2.10 bits per heavy atom. The number of aliphatic hydroxyl groups is 1. The largest absolute Gasteiger partial charge is 0.395 e. The summed E-state index contributed by atoms with van der Waals surface area (Å²) in [6.45, 7) is 7.63.